The van der Waals surface area contributed by atoms with E-state index in [1.54, 1.807) is 0 Å². The van der Waals surface area contributed by atoms with E-state index < -0.39 is 0 Å². The second kappa shape index (κ2) is 10.6. The van der Waals surface area contributed by atoms with Crippen LogP contribution >= 0.6 is 11.3 Å². The van der Waals surface area contributed by atoms with Crippen molar-refractivity contribution in [1.82, 2.24) is 4.57 Å². The second-order valence-corrected chi connectivity index (χ2v) is 13.8. The number of nitrogens with zero attached hydrogens (tertiary/aromatic N) is 1. The molecule has 0 saturated carbocycles. The summed E-state index contributed by atoms with van der Waals surface area (Å²) in [4.78, 5) is 0. The van der Waals surface area contributed by atoms with Gasteiger partial charge in [-0.2, -0.15) is 0 Å². The lowest BCUT2D eigenvalue weighted by Gasteiger charge is -2.12. The Kier molecular flexibility index (Phi) is 5.99. The largest absolute Gasteiger partial charge is 0.398 e. The molecular formula is C45H30N2S. The number of hydrogen-bond donors (Lipinski definition) is 1. The molecule has 0 atom stereocenters. The van der Waals surface area contributed by atoms with E-state index in [9.17, 15) is 0 Å². The summed E-state index contributed by atoms with van der Waals surface area (Å²) in [5.41, 5.74) is 21.1. The van der Waals surface area contributed by atoms with Gasteiger partial charge in [-0.15, -0.1) is 11.3 Å². The van der Waals surface area contributed by atoms with Gasteiger partial charge in [0.05, 0.1) is 11.0 Å². The van der Waals surface area contributed by atoms with E-state index in [1.807, 2.05) is 11.3 Å². The average molecular weight is 631 g/mol. The van der Waals surface area contributed by atoms with Crippen LogP contribution < -0.4 is 5.73 Å². The van der Waals surface area contributed by atoms with Gasteiger partial charge in [0, 0.05) is 42.3 Å². The van der Waals surface area contributed by atoms with Crippen molar-refractivity contribution in [3.05, 3.63) is 174 Å². The first-order valence-corrected chi connectivity index (χ1v) is 17.2. The first-order chi connectivity index (χ1) is 23.7. The molecule has 1 aliphatic rings. The van der Waals surface area contributed by atoms with Gasteiger partial charge in [0.15, 0.2) is 0 Å². The number of thiophene rings is 1. The fourth-order valence-electron chi connectivity index (χ4n) is 7.73. The van der Waals surface area contributed by atoms with Crippen LogP contribution in [0.2, 0.25) is 0 Å². The van der Waals surface area contributed by atoms with Crippen LogP contribution in [0.25, 0.3) is 81.7 Å². The van der Waals surface area contributed by atoms with Gasteiger partial charge in [-0.25, -0.2) is 0 Å². The van der Waals surface area contributed by atoms with Crippen LogP contribution in [0.4, 0.5) is 0 Å². The molecule has 48 heavy (non-hydrogen) atoms. The highest BCUT2D eigenvalue weighted by Crippen LogP contribution is 2.40. The predicted octanol–water partition coefficient (Wildman–Crippen LogP) is 11.8. The molecule has 0 amide bonds. The highest BCUT2D eigenvalue weighted by atomic mass is 32.1. The molecule has 2 nitrogen and oxygen atoms in total. The number of benzene rings is 7. The summed E-state index contributed by atoms with van der Waals surface area (Å²) in [7, 11) is 0. The minimum Gasteiger partial charge on any atom is -0.398 e. The van der Waals surface area contributed by atoms with Crippen molar-refractivity contribution in [3.8, 4) is 27.9 Å². The van der Waals surface area contributed by atoms with Crippen LogP contribution in [0.1, 0.15) is 22.3 Å². The van der Waals surface area contributed by atoms with Gasteiger partial charge >= 0.3 is 0 Å². The third-order valence-electron chi connectivity index (χ3n) is 10.0. The Labute approximate surface area is 282 Å². The number of para-hydroxylation sites is 1. The summed E-state index contributed by atoms with van der Waals surface area (Å²) in [6.45, 7) is 0. The fraction of sp³-hybridized carbons (Fsp3) is 0.0222. The Morgan fingerprint density at radius 3 is 2.21 bits per heavy atom. The van der Waals surface area contributed by atoms with E-state index in [-0.39, 0.29) is 0 Å². The van der Waals surface area contributed by atoms with Crippen LogP contribution in [0, 0.1) is 0 Å². The molecular weight excluding hydrogens is 601 g/mol. The average Bonchev–Trinajstić information content (AvgIpc) is 3.81. The van der Waals surface area contributed by atoms with Crippen molar-refractivity contribution in [2.45, 2.75) is 6.42 Å². The molecule has 9 aromatic rings. The molecule has 3 heteroatoms. The molecule has 2 N–H and O–H groups in total. The Balaban J connectivity index is 1.07. The van der Waals surface area contributed by atoms with Crippen molar-refractivity contribution in [1.29, 1.82) is 0 Å². The molecule has 7 aromatic carbocycles. The van der Waals surface area contributed by atoms with Gasteiger partial charge in [0.1, 0.15) is 0 Å². The van der Waals surface area contributed by atoms with Gasteiger partial charge < -0.3 is 10.3 Å². The van der Waals surface area contributed by atoms with Crippen LogP contribution in [-0.2, 0) is 6.42 Å². The summed E-state index contributed by atoms with van der Waals surface area (Å²) < 4.78 is 5.03. The molecule has 0 aliphatic heterocycles. The van der Waals surface area contributed by atoms with Gasteiger partial charge in [0.2, 0.25) is 0 Å². The zero-order valence-electron chi connectivity index (χ0n) is 26.2. The Morgan fingerprint density at radius 2 is 1.27 bits per heavy atom. The van der Waals surface area contributed by atoms with Crippen molar-refractivity contribution in [2.24, 2.45) is 5.73 Å². The van der Waals surface area contributed by atoms with Crippen molar-refractivity contribution in [2.75, 3.05) is 0 Å². The lowest BCUT2D eigenvalue weighted by molar-refractivity contribution is 1.18. The first-order valence-electron chi connectivity index (χ1n) is 16.4. The van der Waals surface area contributed by atoms with Crippen molar-refractivity contribution < 1.29 is 0 Å². The Hall–Kier alpha value is -5.90. The maximum Gasteiger partial charge on any atom is 0.0541 e. The predicted molar refractivity (Wildman–Crippen MR) is 206 cm³/mol. The lowest BCUT2D eigenvalue weighted by Crippen LogP contribution is -2.00. The quantitative estimate of drug-likeness (QED) is 0.193. The molecule has 0 spiro atoms. The summed E-state index contributed by atoms with van der Waals surface area (Å²) in [6, 6.07) is 55.1. The summed E-state index contributed by atoms with van der Waals surface area (Å²) in [5.74, 6) is 0. The Morgan fingerprint density at radius 1 is 0.562 bits per heavy atom. The van der Waals surface area contributed by atoms with Crippen LogP contribution in [0.3, 0.4) is 0 Å². The molecule has 2 heterocycles. The van der Waals surface area contributed by atoms with E-state index in [2.05, 4.69) is 162 Å². The zero-order valence-corrected chi connectivity index (χ0v) is 27.0. The topological polar surface area (TPSA) is 30.9 Å². The number of rotatable bonds is 4. The molecule has 0 unspecified atom stereocenters. The van der Waals surface area contributed by atoms with Crippen LogP contribution in [-0.4, -0.2) is 4.57 Å². The van der Waals surface area contributed by atoms with Crippen LogP contribution in [0.5, 0.6) is 0 Å². The van der Waals surface area contributed by atoms with Gasteiger partial charge in [0.25, 0.3) is 0 Å². The molecule has 0 saturated heterocycles. The molecule has 2 aromatic heterocycles. The number of hydrogen-bond acceptors (Lipinski definition) is 2. The highest BCUT2D eigenvalue weighted by molar-refractivity contribution is 7.25. The monoisotopic (exact) mass is 630 g/mol. The maximum atomic E-state index is 6.88. The minimum atomic E-state index is 0.764. The SMILES string of the molecule is N/C(=C\c1cccc2c1Cc1ccccc1-2)c1cccc(-n2c3ccccc3c3cc(-c4ccc5sc6ccccc6c5c4)ccc32)c1. The number of nitrogens with two attached hydrogens (primary N) is 1. The summed E-state index contributed by atoms with van der Waals surface area (Å²) in [5, 5.41) is 5.13. The standard InChI is InChI=1S/C45H30N2S/c46-41(27-31-10-8-16-35-34-13-2-1-9-30(34)26-38(31)35)32-11-7-12-33(23-32)47-42-17-5-3-14-36(42)39-24-28(19-21-43(39)47)29-20-22-45-40(25-29)37-15-4-6-18-44(37)48-45/h1-25,27H,26,46H2/b41-27-. The Bertz CT molecular complexity index is 2780. The molecule has 1 aliphatic carbocycles. The van der Waals surface area contributed by atoms with Crippen molar-refractivity contribution in [3.63, 3.8) is 0 Å². The maximum absolute atomic E-state index is 6.88. The van der Waals surface area contributed by atoms with Gasteiger partial charge in [-0.05, 0) is 106 Å². The summed E-state index contributed by atoms with van der Waals surface area (Å²) in [6.07, 6.45) is 3.09. The van der Waals surface area contributed by atoms with E-state index in [1.165, 1.54) is 80.9 Å². The molecule has 0 radical (unpaired) electrons. The molecule has 0 bridgehead atoms. The molecule has 226 valence electrons. The van der Waals surface area contributed by atoms with Crippen molar-refractivity contribution >= 4 is 65.1 Å². The van der Waals surface area contributed by atoms with Crippen LogP contribution in [0.15, 0.2) is 152 Å². The third kappa shape index (κ3) is 4.18. The van der Waals surface area contributed by atoms with E-state index >= 15 is 0 Å². The lowest BCUT2D eigenvalue weighted by atomic mass is 9.99. The van der Waals surface area contributed by atoms with Gasteiger partial charge in [-0.3, -0.25) is 0 Å². The second-order valence-electron chi connectivity index (χ2n) is 12.8. The number of fused-ring (bicyclic) bond motifs is 9. The zero-order chi connectivity index (χ0) is 31.8. The first kappa shape index (κ1) is 27.2. The fourth-order valence-corrected chi connectivity index (χ4v) is 8.82. The minimum absolute atomic E-state index is 0.764. The third-order valence-corrected chi connectivity index (χ3v) is 11.2. The summed E-state index contributed by atoms with van der Waals surface area (Å²) >= 11 is 1.86. The normalized spacial score (nSPS) is 12.7. The number of aromatic nitrogens is 1. The smallest absolute Gasteiger partial charge is 0.0541 e. The van der Waals surface area contributed by atoms with E-state index in [4.69, 9.17) is 5.73 Å². The van der Waals surface area contributed by atoms with Gasteiger partial charge in [-0.1, -0.05) is 103 Å². The molecule has 0 fully saturated rings. The van der Waals surface area contributed by atoms with E-state index in [0.717, 1.165) is 23.4 Å². The molecule has 10 rings (SSSR count). The van der Waals surface area contributed by atoms with E-state index in [0.29, 0.717) is 0 Å². The highest BCUT2D eigenvalue weighted by Gasteiger charge is 2.20.